The van der Waals surface area contributed by atoms with E-state index >= 15 is 0 Å². The molecule has 0 aromatic heterocycles. The van der Waals surface area contributed by atoms with Gasteiger partial charge in [0, 0.05) is 25.2 Å². The number of hydrogen-bond acceptors (Lipinski definition) is 2. The van der Waals surface area contributed by atoms with Crippen molar-refractivity contribution in [1.29, 1.82) is 0 Å². The van der Waals surface area contributed by atoms with E-state index in [1.54, 1.807) is 0 Å². The van der Waals surface area contributed by atoms with Crippen LogP contribution < -0.4 is 0 Å². The van der Waals surface area contributed by atoms with Gasteiger partial charge in [0.2, 0.25) is 0 Å². The van der Waals surface area contributed by atoms with Crippen molar-refractivity contribution in [1.82, 2.24) is 0 Å². The summed E-state index contributed by atoms with van der Waals surface area (Å²) in [4.78, 5) is 22.4. The Balaban J connectivity index is 2.30. The summed E-state index contributed by atoms with van der Waals surface area (Å²) in [7, 11) is 0. The molecule has 1 fully saturated rings. The Labute approximate surface area is 73.3 Å². The quantitative estimate of drug-likeness (QED) is 0.644. The third-order valence-electron chi connectivity index (χ3n) is 2.43. The summed E-state index contributed by atoms with van der Waals surface area (Å²) in [5, 5.41) is 0. The molecule has 1 atom stereocenters. The highest BCUT2D eigenvalue weighted by Gasteiger charge is 2.25. The van der Waals surface area contributed by atoms with Gasteiger partial charge in [0.25, 0.3) is 0 Å². The highest BCUT2D eigenvalue weighted by molar-refractivity contribution is 5.89. The molecule has 0 bridgehead atoms. The number of rotatable bonds is 4. The summed E-state index contributed by atoms with van der Waals surface area (Å²) in [5.74, 6) is 0.640. The molecule has 1 rings (SSSR count). The van der Waals surface area contributed by atoms with Crippen molar-refractivity contribution in [3.63, 3.8) is 0 Å². The third kappa shape index (κ3) is 2.43. The first kappa shape index (κ1) is 9.43. The Bertz CT molecular complexity index is 184. The van der Waals surface area contributed by atoms with Gasteiger partial charge in [-0.15, -0.1) is 0 Å². The molecular formula is C10H16O2. The molecule has 1 aliphatic carbocycles. The van der Waals surface area contributed by atoms with E-state index in [4.69, 9.17) is 0 Å². The normalized spacial score (nSPS) is 23.1. The summed E-state index contributed by atoms with van der Waals surface area (Å²) < 4.78 is 0. The van der Waals surface area contributed by atoms with Gasteiger partial charge in [0.1, 0.15) is 11.6 Å². The van der Waals surface area contributed by atoms with Crippen LogP contribution in [0.3, 0.4) is 0 Å². The van der Waals surface area contributed by atoms with Crippen molar-refractivity contribution in [3.05, 3.63) is 0 Å². The maximum Gasteiger partial charge on any atom is 0.136 e. The Morgan fingerprint density at radius 3 is 2.83 bits per heavy atom. The molecule has 12 heavy (non-hydrogen) atoms. The molecular weight excluding hydrogens is 152 g/mol. The Kier molecular flexibility index (Phi) is 3.45. The van der Waals surface area contributed by atoms with Crippen molar-refractivity contribution in [3.8, 4) is 0 Å². The molecule has 68 valence electrons. The van der Waals surface area contributed by atoms with Crippen LogP contribution in [0.25, 0.3) is 0 Å². The largest absolute Gasteiger partial charge is 0.300 e. The van der Waals surface area contributed by atoms with Gasteiger partial charge in [-0.05, 0) is 19.3 Å². The summed E-state index contributed by atoms with van der Waals surface area (Å²) in [6.45, 7) is 1.99. The van der Waals surface area contributed by atoms with Crippen LogP contribution >= 0.6 is 0 Å². The average molecular weight is 168 g/mol. The van der Waals surface area contributed by atoms with Crippen LogP contribution in [0.2, 0.25) is 0 Å². The van der Waals surface area contributed by atoms with E-state index in [2.05, 4.69) is 0 Å². The lowest BCUT2D eigenvalue weighted by molar-refractivity contribution is -0.126. The summed E-state index contributed by atoms with van der Waals surface area (Å²) in [6, 6.07) is 0. The van der Waals surface area contributed by atoms with E-state index in [9.17, 15) is 9.59 Å². The molecule has 0 aromatic rings. The minimum absolute atomic E-state index is 0.0732. The predicted molar refractivity (Wildman–Crippen MR) is 46.9 cm³/mol. The fraction of sp³-hybridized carbons (Fsp3) is 0.800. The standard InChI is InChI=1S/C10H16O2/c1-2-4-9(11)7-8-5-3-6-10(8)12/h8H,2-7H2,1H3. The first-order chi connectivity index (χ1) is 5.74. The predicted octanol–water partition coefficient (Wildman–Crippen LogP) is 2.11. The van der Waals surface area contributed by atoms with Crippen LogP contribution in [-0.2, 0) is 9.59 Å². The van der Waals surface area contributed by atoms with Gasteiger partial charge < -0.3 is 0 Å². The van der Waals surface area contributed by atoms with Crippen molar-refractivity contribution in [2.75, 3.05) is 0 Å². The maximum atomic E-state index is 11.2. The molecule has 0 radical (unpaired) electrons. The minimum Gasteiger partial charge on any atom is -0.300 e. The topological polar surface area (TPSA) is 34.1 Å². The second-order valence-corrected chi connectivity index (χ2v) is 3.55. The zero-order chi connectivity index (χ0) is 8.97. The van der Waals surface area contributed by atoms with Crippen LogP contribution in [0.5, 0.6) is 0 Å². The molecule has 1 aliphatic rings. The van der Waals surface area contributed by atoms with Gasteiger partial charge in [0.05, 0.1) is 0 Å². The van der Waals surface area contributed by atoms with Gasteiger partial charge in [-0.25, -0.2) is 0 Å². The third-order valence-corrected chi connectivity index (χ3v) is 2.43. The van der Waals surface area contributed by atoms with E-state index < -0.39 is 0 Å². The molecule has 0 spiro atoms. The molecule has 1 unspecified atom stereocenters. The number of hydrogen-bond donors (Lipinski definition) is 0. The smallest absolute Gasteiger partial charge is 0.136 e. The fourth-order valence-corrected chi connectivity index (χ4v) is 1.76. The Morgan fingerprint density at radius 1 is 1.58 bits per heavy atom. The van der Waals surface area contributed by atoms with Gasteiger partial charge in [-0.2, -0.15) is 0 Å². The maximum absolute atomic E-state index is 11.2. The second-order valence-electron chi connectivity index (χ2n) is 3.55. The fourth-order valence-electron chi connectivity index (χ4n) is 1.76. The first-order valence-corrected chi connectivity index (χ1v) is 4.78. The number of carbonyl (C=O) groups is 2. The van der Waals surface area contributed by atoms with E-state index in [-0.39, 0.29) is 11.7 Å². The molecule has 0 aromatic carbocycles. The minimum atomic E-state index is 0.0732. The molecule has 1 saturated carbocycles. The molecule has 0 saturated heterocycles. The van der Waals surface area contributed by atoms with E-state index in [1.807, 2.05) is 6.92 Å². The van der Waals surface area contributed by atoms with Gasteiger partial charge in [-0.1, -0.05) is 6.92 Å². The molecule has 0 heterocycles. The average Bonchev–Trinajstić information content (AvgIpc) is 2.37. The zero-order valence-corrected chi connectivity index (χ0v) is 7.64. The number of carbonyl (C=O) groups excluding carboxylic acids is 2. The van der Waals surface area contributed by atoms with Crippen molar-refractivity contribution >= 4 is 11.6 Å². The SMILES string of the molecule is CCCC(=O)CC1CCCC1=O. The molecule has 0 N–H and O–H groups in total. The zero-order valence-electron chi connectivity index (χ0n) is 7.64. The lowest BCUT2D eigenvalue weighted by Gasteiger charge is -2.04. The summed E-state index contributed by atoms with van der Waals surface area (Å²) >= 11 is 0. The molecule has 2 nitrogen and oxygen atoms in total. The van der Waals surface area contributed by atoms with Crippen molar-refractivity contribution < 1.29 is 9.59 Å². The van der Waals surface area contributed by atoms with Crippen LogP contribution in [0.4, 0.5) is 0 Å². The molecule has 2 heteroatoms. The van der Waals surface area contributed by atoms with Gasteiger partial charge in [0.15, 0.2) is 0 Å². The highest BCUT2D eigenvalue weighted by Crippen LogP contribution is 2.24. The number of ketones is 2. The molecule has 0 aliphatic heterocycles. The first-order valence-electron chi connectivity index (χ1n) is 4.78. The summed E-state index contributed by atoms with van der Waals surface area (Å²) in [6.07, 6.45) is 4.68. The Hall–Kier alpha value is -0.660. The summed E-state index contributed by atoms with van der Waals surface area (Å²) in [5.41, 5.74) is 0. The number of Topliss-reactive ketones (excluding diaryl/α,β-unsaturated/α-hetero) is 2. The van der Waals surface area contributed by atoms with Crippen LogP contribution in [0.15, 0.2) is 0 Å². The van der Waals surface area contributed by atoms with Crippen molar-refractivity contribution in [2.24, 2.45) is 5.92 Å². The van der Waals surface area contributed by atoms with E-state index in [1.165, 1.54) is 0 Å². The van der Waals surface area contributed by atoms with Crippen LogP contribution in [0.1, 0.15) is 45.4 Å². The Morgan fingerprint density at radius 2 is 2.33 bits per heavy atom. The van der Waals surface area contributed by atoms with E-state index in [0.29, 0.717) is 25.0 Å². The monoisotopic (exact) mass is 168 g/mol. The van der Waals surface area contributed by atoms with E-state index in [0.717, 1.165) is 19.3 Å². The highest BCUT2D eigenvalue weighted by atomic mass is 16.1. The van der Waals surface area contributed by atoms with Crippen LogP contribution in [-0.4, -0.2) is 11.6 Å². The van der Waals surface area contributed by atoms with Gasteiger partial charge >= 0.3 is 0 Å². The lowest BCUT2D eigenvalue weighted by atomic mass is 9.98. The molecule has 0 amide bonds. The second kappa shape index (κ2) is 4.39. The lowest BCUT2D eigenvalue weighted by Crippen LogP contribution is -2.11. The van der Waals surface area contributed by atoms with Crippen LogP contribution in [0, 0.1) is 5.92 Å². The van der Waals surface area contributed by atoms with Gasteiger partial charge in [-0.3, -0.25) is 9.59 Å². The van der Waals surface area contributed by atoms with Crippen molar-refractivity contribution in [2.45, 2.75) is 45.4 Å².